The highest BCUT2D eigenvalue weighted by Gasteiger charge is 2.29. The number of ether oxygens (including phenoxy) is 2. The molecule has 20 heavy (non-hydrogen) atoms. The highest BCUT2D eigenvalue weighted by atomic mass is 35.5. The van der Waals surface area contributed by atoms with Crippen molar-refractivity contribution in [1.29, 1.82) is 0 Å². The molecular weight excluding hydrogens is 288 g/mol. The van der Waals surface area contributed by atoms with Crippen molar-refractivity contribution in [2.24, 2.45) is 5.73 Å². The van der Waals surface area contributed by atoms with E-state index in [0.717, 1.165) is 0 Å². The van der Waals surface area contributed by atoms with E-state index in [1.54, 1.807) is 0 Å². The standard InChI is InChI=1S/C12H15ClN2O5/c1-12(14,11(16)19-2)5-6-20-10-7-8(15(17)18)3-4-9(10)13/h3-4,7H,5-6,14H2,1-2H3. The summed E-state index contributed by atoms with van der Waals surface area (Å²) in [5, 5.41) is 10.9. The summed E-state index contributed by atoms with van der Waals surface area (Å²) in [7, 11) is 1.24. The van der Waals surface area contributed by atoms with E-state index in [4.69, 9.17) is 22.1 Å². The summed E-state index contributed by atoms with van der Waals surface area (Å²) < 4.78 is 9.89. The number of carbonyl (C=O) groups excluding carboxylic acids is 1. The van der Waals surface area contributed by atoms with Crippen molar-refractivity contribution >= 4 is 23.3 Å². The quantitative estimate of drug-likeness (QED) is 0.489. The van der Waals surface area contributed by atoms with Gasteiger partial charge in [-0.15, -0.1) is 0 Å². The Morgan fingerprint density at radius 1 is 1.55 bits per heavy atom. The number of nitrogens with two attached hydrogens (primary N) is 1. The highest BCUT2D eigenvalue weighted by molar-refractivity contribution is 6.32. The largest absolute Gasteiger partial charge is 0.492 e. The van der Waals surface area contributed by atoms with Crippen molar-refractivity contribution in [3.8, 4) is 5.75 Å². The molecule has 0 bridgehead atoms. The molecule has 0 aromatic heterocycles. The molecule has 0 fully saturated rings. The van der Waals surface area contributed by atoms with Crippen LogP contribution in [0.1, 0.15) is 13.3 Å². The van der Waals surface area contributed by atoms with Crippen LogP contribution in [0.4, 0.5) is 5.69 Å². The Balaban J connectivity index is 2.69. The predicted octanol–water partition coefficient (Wildman–Crippen LogP) is 1.91. The van der Waals surface area contributed by atoms with Crippen LogP contribution in [0.5, 0.6) is 5.75 Å². The first kappa shape index (κ1) is 16.2. The average molecular weight is 303 g/mol. The minimum atomic E-state index is -1.19. The molecular formula is C12H15ClN2O5. The van der Waals surface area contributed by atoms with Gasteiger partial charge in [0.2, 0.25) is 0 Å². The van der Waals surface area contributed by atoms with Gasteiger partial charge < -0.3 is 15.2 Å². The molecule has 1 unspecified atom stereocenters. The summed E-state index contributed by atoms with van der Waals surface area (Å²) in [6.07, 6.45) is 0.179. The number of benzene rings is 1. The van der Waals surface area contributed by atoms with Crippen LogP contribution in [-0.2, 0) is 9.53 Å². The van der Waals surface area contributed by atoms with Crippen LogP contribution < -0.4 is 10.5 Å². The van der Waals surface area contributed by atoms with Crippen molar-refractivity contribution in [2.45, 2.75) is 18.9 Å². The lowest BCUT2D eigenvalue weighted by atomic mass is 10.0. The number of nitrogens with zero attached hydrogens (tertiary/aromatic N) is 1. The van der Waals surface area contributed by atoms with Gasteiger partial charge in [0.1, 0.15) is 11.3 Å². The van der Waals surface area contributed by atoms with E-state index in [-0.39, 0.29) is 29.5 Å². The predicted molar refractivity (Wildman–Crippen MR) is 72.8 cm³/mol. The zero-order valence-corrected chi connectivity index (χ0v) is 11.8. The van der Waals surface area contributed by atoms with Crippen LogP contribution >= 0.6 is 11.6 Å². The molecule has 8 heteroatoms. The van der Waals surface area contributed by atoms with Crippen LogP contribution in [0.2, 0.25) is 5.02 Å². The van der Waals surface area contributed by atoms with E-state index in [9.17, 15) is 14.9 Å². The van der Waals surface area contributed by atoms with Crippen LogP contribution in [0.3, 0.4) is 0 Å². The van der Waals surface area contributed by atoms with Gasteiger partial charge in [0.15, 0.2) is 0 Å². The summed E-state index contributed by atoms with van der Waals surface area (Å²) in [6, 6.07) is 3.86. The van der Waals surface area contributed by atoms with Gasteiger partial charge in [-0.05, 0) is 13.0 Å². The molecule has 1 aromatic rings. The van der Waals surface area contributed by atoms with Gasteiger partial charge in [-0.1, -0.05) is 11.6 Å². The second kappa shape index (κ2) is 6.53. The number of rotatable bonds is 6. The Bertz CT molecular complexity index is 519. The molecule has 0 heterocycles. The maximum absolute atomic E-state index is 11.4. The van der Waals surface area contributed by atoms with E-state index in [1.807, 2.05) is 0 Å². The van der Waals surface area contributed by atoms with Gasteiger partial charge in [-0.3, -0.25) is 14.9 Å². The topological polar surface area (TPSA) is 105 Å². The summed E-state index contributed by atoms with van der Waals surface area (Å²) in [5.74, 6) is -0.396. The lowest BCUT2D eigenvalue weighted by molar-refractivity contribution is -0.384. The number of hydrogen-bond donors (Lipinski definition) is 1. The van der Waals surface area contributed by atoms with E-state index < -0.39 is 16.4 Å². The smallest absolute Gasteiger partial charge is 0.325 e. The summed E-state index contributed by atoms with van der Waals surface area (Å²) in [6.45, 7) is 1.58. The first-order chi connectivity index (χ1) is 9.27. The van der Waals surface area contributed by atoms with Crippen molar-refractivity contribution < 1.29 is 19.2 Å². The number of carbonyl (C=O) groups is 1. The SMILES string of the molecule is COC(=O)C(C)(N)CCOc1cc([N+](=O)[O-])ccc1Cl. The Labute approximate surface area is 120 Å². The first-order valence-corrected chi connectivity index (χ1v) is 6.10. The Kier molecular flexibility index (Phi) is 5.29. The summed E-state index contributed by atoms with van der Waals surface area (Å²) in [4.78, 5) is 21.5. The summed E-state index contributed by atoms with van der Waals surface area (Å²) >= 11 is 5.87. The maximum atomic E-state index is 11.4. The molecule has 1 aromatic carbocycles. The third-order valence-corrected chi connectivity index (χ3v) is 2.97. The lowest BCUT2D eigenvalue weighted by Crippen LogP contribution is -2.46. The van der Waals surface area contributed by atoms with Gasteiger partial charge in [-0.2, -0.15) is 0 Å². The molecule has 0 amide bonds. The van der Waals surface area contributed by atoms with Crippen molar-refractivity contribution in [1.82, 2.24) is 0 Å². The second-order valence-electron chi connectivity index (χ2n) is 4.38. The van der Waals surface area contributed by atoms with Gasteiger partial charge in [0.05, 0.1) is 29.7 Å². The van der Waals surface area contributed by atoms with E-state index in [2.05, 4.69) is 4.74 Å². The molecule has 0 saturated heterocycles. The average Bonchev–Trinajstić information content (AvgIpc) is 2.39. The monoisotopic (exact) mass is 302 g/mol. The zero-order chi connectivity index (χ0) is 15.3. The molecule has 7 nitrogen and oxygen atoms in total. The molecule has 0 spiro atoms. The Hall–Kier alpha value is -1.86. The van der Waals surface area contributed by atoms with E-state index >= 15 is 0 Å². The van der Waals surface area contributed by atoms with Gasteiger partial charge >= 0.3 is 5.97 Å². The fraction of sp³-hybridized carbons (Fsp3) is 0.417. The minimum absolute atomic E-state index is 0.0724. The number of non-ortho nitro benzene ring substituents is 1. The minimum Gasteiger partial charge on any atom is -0.492 e. The van der Waals surface area contributed by atoms with Crippen molar-refractivity contribution in [3.05, 3.63) is 33.3 Å². The lowest BCUT2D eigenvalue weighted by Gasteiger charge is -2.21. The van der Waals surface area contributed by atoms with Gasteiger partial charge in [-0.25, -0.2) is 0 Å². The molecule has 0 saturated carbocycles. The first-order valence-electron chi connectivity index (χ1n) is 5.72. The number of halogens is 1. The molecule has 1 atom stereocenters. The van der Waals surface area contributed by atoms with Gasteiger partial charge in [0.25, 0.3) is 5.69 Å². The molecule has 0 aliphatic rings. The molecule has 2 N–H and O–H groups in total. The maximum Gasteiger partial charge on any atom is 0.325 e. The van der Waals surface area contributed by atoms with Crippen molar-refractivity contribution in [3.63, 3.8) is 0 Å². The zero-order valence-electron chi connectivity index (χ0n) is 11.1. The Morgan fingerprint density at radius 2 is 2.20 bits per heavy atom. The van der Waals surface area contributed by atoms with Gasteiger partial charge in [0, 0.05) is 12.5 Å². The van der Waals surface area contributed by atoms with Crippen LogP contribution in [-0.4, -0.2) is 30.1 Å². The fourth-order valence-corrected chi connectivity index (χ4v) is 1.60. The molecule has 0 radical (unpaired) electrons. The molecule has 0 aliphatic carbocycles. The molecule has 0 aliphatic heterocycles. The second-order valence-corrected chi connectivity index (χ2v) is 4.79. The van der Waals surface area contributed by atoms with Crippen LogP contribution in [0.15, 0.2) is 18.2 Å². The summed E-state index contributed by atoms with van der Waals surface area (Å²) in [5.41, 5.74) is 4.43. The van der Waals surface area contributed by atoms with Crippen LogP contribution in [0, 0.1) is 10.1 Å². The third kappa shape index (κ3) is 4.07. The van der Waals surface area contributed by atoms with Crippen LogP contribution in [0.25, 0.3) is 0 Å². The van der Waals surface area contributed by atoms with Crippen molar-refractivity contribution in [2.75, 3.05) is 13.7 Å². The van der Waals surface area contributed by atoms with E-state index in [1.165, 1.54) is 32.2 Å². The molecule has 110 valence electrons. The highest BCUT2D eigenvalue weighted by Crippen LogP contribution is 2.29. The number of nitro groups is 1. The molecule has 1 rings (SSSR count). The fourth-order valence-electron chi connectivity index (χ4n) is 1.42. The normalized spacial score (nSPS) is 13.4. The Morgan fingerprint density at radius 3 is 2.75 bits per heavy atom. The third-order valence-electron chi connectivity index (χ3n) is 2.66. The number of methoxy groups -OCH3 is 1. The number of esters is 1. The number of hydrogen-bond acceptors (Lipinski definition) is 6. The van der Waals surface area contributed by atoms with E-state index in [0.29, 0.717) is 0 Å². The number of nitro benzene ring substituents is 1.